The molecule has 2 amide bonds. The monoisotopic (exact) mass is 292 g/mol. The quantitative estimate of drug-likeness (QED) is 0.526. The second-order valence-electron chi connectivity index (χ2n) is 4.44. The van der Waals surface area contributed by atoms with Gasteiger partial charge >= 0.3 is 12.0 Å². The number of amides is 2. The van der Waals surface area contributed by atoms with E-state index in [4.69, 9.17) is 9.84 Å². The van der Waals surface area contributed by atoms with Crippen LogP contribution in [0.15, 0.2) is 0 Å². The Labute approximate surface area is 118 Å². The minimum absolute atomic E-state index is 0.358. The summed E-state index contributed by atoms with van der Waals surface area (Å²) in [6.07, 6.45) is 2.96. The molecule has 0 aliphatic carbocycles. The normalized spacial score (nSPS) is 13.6. The smallest absolute Gasteiger partial charge is 0.326 e. The number of methoxy groups -OCH3 is 1. The number of nitrogens with one attached hydrogen (secondary N) is 2. The molecule has 112 valence electrons. The van der Waals surface area contributed by atoms with Crippen LogP contribution in [0.25, 0.3) is 0 Å². The van der Waals surface area contributed by atoms with E-state index in [0.29, 0.717) is 31.9 Å². The summed E-state index contributed by atoms with van der Waals surface area (Å²) in [5.74, 6) is 0.289. The van der Waals surface area contributed by atoms with Gasteiger partial charge in [-0.05, 0) is 30.8 Å². The van der Waals surface area contributed by atoms with E-state index in [1.807, 2.05) is 13.2 Å². The number of carbonyl (C=O) groups excluding carboxylic acids is 1. The van der Waals surface area contributed by atoms with Crippen LogP contribution in [0.4, 0.5) is 4.79 Å². The Hall–Kier alpha value is -0.950. The van der Waals surface area contributed by atoms with Crippen LogP contribution in [0, 0.1) is 5.92 Å². The molecule has 0 saturated heterocycles. The standard InChI is InChI=1S/C12H24N2O4S/c1-9(8-19-3)7-13-12(17)14-10(11(15)16)5-4-6-18-2/h9-10H,4-8H2,1-3H3,(H,15,16)(H2,13,14,17). The van der Waals surface area contributed by atoms with Crippen molar-refractivity contribution >= 4 is 23.8 Å². The molecule has 0 rings (SSSR count). The van der Waals surface area contributed by atoms with Gasteiger partial charge in [-0.25, -0.2) is 9.59 Å². The molecular formula is C12H24N2O4S. The molecule has 0 saturated carbocycles. The summed E-state index contributed by atoms with van der Waals surface area (Å²) >= 11 is 1.71. The third kappa shape index (κ3) is 9.61. The zero-order valence-corrected chi connectivity index (χ0v) is 12.6. The second-order valence-corrected chi connectivity index (χ2v) is 5.35. The highest BCUT2D eigenvalue weighted by Crippen LogP contribution is 2.02. The Morgan fingerprint density at radius 3 is 2.63 bits per heavy atom. The first kappa shape index (κ1) is 18.0. The van der Waals surface area contributed by atoms with Crippen LogP contribution in [0.1, 0.15) is 19.8 Å². The fourth-order valence-electron chi connectivity index (χ4n) is 1.51. The van der Waals surface area contributed by atoms with Crippen molar-refractivity contribution in [2.24, 2.45) is 5.92 Å². The van der Waals surface area contributed by atoms with E-state index in [9.17, 15) is 9.59 Å². The van der Waals surface area contributed by atoms with E-state index >= 15 is 0 Å². The number of rotatable bonds is 10. The first-order chi connectivity index (χ1) is 9.01. The van der Waals surface area contributed by atoms with Gasteiger partial charge in [-0.15, -0.1) is 0 Å². The molecule has 0 radical (unpaired) electrons. The van der Waals surface area contributed by atoms with Crippen LogP contribution < -0.4 is 10.6 Å². The van der Waals surface area contributed by atoms with Gasteiger partial charge in [0.15, 0.2) is 0 Å². The lowest BCUT2D eigenvalue weighted by atomic mass is 10.1. The largest absolute Gasteiger partial charge is 0.480 e. The first-order valence-corrected chi connectivity index (χ1v) is 7.65. The number of carboxylic acids is 1. The van der Waals surface area contributed by atoms with Gasteiger partial charge in [0, 0.05) is 20.3 Å². The number of carboxylic acid groups (broad SMARTS) is 1. The molecule has 0 aromatic carbocycles. The second kappa shape index (κ2) is 10.9. The average molecular weight is 292 g/mol. The van der Waals surface area contributed by atoms with Crippen molar-refractivity contribution in [1.29, 1.82) is 0 Å². The summed E-state index contributed by atoms with van der Waals surface area (Å²) in [5, 5.41) is 14.1. The van der Waals surface area contributed by atoms with Gasteiger partial charge in [-0.3, -0.25) is 0 Å². The van der Waals surface area contributed by atoms with Gasteiger partial charge in [-0.2, -0.15) is 11.8 Å². The predicted molar refractivity (Wildman–Crippen MR) is 76.6 cm³/mol. The molecule has 6 nitrogen and oxygen atoms in total. The molecule has 2 atom stereocenters. The highest BCUT2D eigenvalue weighted by atomic mass is 32.2. The Morgan fingerprint density at radius 1 is 1.42 bits per heavy atom. The Kier molecular flexibility index (Phi) is 10.4. The van der Waals surface area contributed by atoms with E-state index < -0.39 is 18.0 Å². The molecule has 19 heavy (non-hydrogen) atoms. The van der Waals surface area contributed by atoms with Crippen LogP contribution in [-0.2, 0) is 9.53 Å². The highest BCUT2D eigenvalue weighted by Gasteiger charge is 2.19. The number of carbonyl (C=O) groups is 2. The van der Waals surface area contributed by atoms with E-state index in [2.05, 4.69) is 10.6 Å². The third-order valence-electron chi connectivity index (χ3n) is 2.51. The van der Waals surface area contributed by atoms with Crippen molar-refractivity contribution in [2.75, 3.05) is 32.3 Å². The fraction of sp³-hybridized carbons (Fsp3) is 0.833. The summed E-state index contributed by atoms with van der Waals surface area (Å²) in [6.45, 7) is 3.05. The molecule has 7 heteroatoms. The summed E-state index contributed by atoms with van der Waals surface area (Å²) in [7, 11) is 1.56. The van der Waals surface area contributed by atoms with Gasteiger partial charge in [0.05, 0.1) is 0 Å². The Bertz CT molecular complexity index is 276. The minimum Gasteiger partial charge on any atom is -0.480 e. The molecular weight excluding hydrogens is 268 g/mol. The molecule has 0 fully saturated rings. The number of ether oxygens (including phenoxy) is 1. The number of thioether (sulfide) groups is 1. The molecule has 0 aromatic rings. The maximum atomic E-state index is 11.6. The van der Waals surface area contributed by atoms with Crippen LogP contribution in [0.2, 0.25) is 0 Å². The average Bonchev–Trinajstić information content (AvgIpc) is 2.35. The van der Waals surface area contributed by atoms with Crippen molar-refractivity contribution in [2.45, 2.75) is 25.8 Å². The molecule has 2 unspecified atom stereocenters. The first-order valence-electron chi connectivity index (χ1n) is 6.26. The summed E-state index contributed by atoms with van der Waals surface area (Å²) in [5.41, 5.74) is 0. The SMILES string of the molecule is COCCCC(NC(=O)NCC(C)CSC)C(=O)O. The van der Waals surface area contributed by atoms with Gasteiger partial charge in [-0.1, -0.05) is 6.92 Å². The lowest BCUT2D eigenvalue weighted by Crippen LogP contribution is -2.47. The lowest BCUT2D eigenvalue weighted by molar-refractivity contribution is -0.139. The fourth-order valence-corrected chi connectivity index (χ4v) is 2.20. The summed E-state index contributed by atoms with van der Waals surface area (Å²) in [4.78, 5) is 22.6. The van der Waals surface area contributed by atoms with Gasteiger partial charge in [0.25, 0.3) is 0 Å². The van der Waals surface area contributed by atoms with E-state index in [1.165, 1.54) is 0 Å². The van der Waals surface area contributed by atoms with Gasteiger partial charge < -0.3 is 20.5 Å². The minimum atomic E-state index is -1.02. The molecule has 0 aromatic heterocycles. The van der Waals surface area contributed by atoms with Crippen LogP contribution in [0.3, 0.4) is 0 Å². The maximum absolute atomic E-state index is 11.6. The maximum Gasteiger partial charge on any atom is 0.326 e. The third-order valence-corrected chi connectivity index (χ3v) is 3.41. The number of aliphatic carboxylic acids is 1. The number of hydrogen-bond acceptors (Lipinski definition) is 4. The summed E-state index contributed by atoms with van der Waals surface area (Å²) in [6, 6.07) is -1.30. The van der Waals surface area contributed by atoms with E-state index in [1.54, 1.807) is 18.9 Å². The number of hydrogen-bond donors (Lipinski definition) is 3. The van der Waals surface area contributed by atoms with E-state index in [0.717, 1.165) is 5.75 Å². The van der Waals surface area contributed by atoms with Crippen molar-refractivity contribution in [3.8, 4) is 0 Å². The zero-order valence-electron chi connectivity index (χ0n) is 11.8. The molecule has 0 bridgehead atoms. The number of urea groups is 1. The van der Waals surface area contributed by atoms with Gasteiger partial charge in [0.2, 0.25) is 0 Å². The van der Waals surface area contributed by atoms with Gasteiger partial charge in [0.1, 0.15) is 6.04 Å². The summed E-state index contributed by atoms with van der Waals surface area (Å²) < 4.78 is 4.86. The van der Waals surface area contributed by atoms with Crippen molar-refractivity contribution in [1.82, 2.24) is 10.6 Å². The zero-order chi connectivity index (χ0) is 14.7. The van der Waals surface area contributed by atoms with E-state index in [-0.39, 0.29) is 0 Å². The van der Waals surface area contributed by atoms with Crippen LogP contribution in [0.5, 0.6) is 0 Å². The molecule has 0 heterocycles. The molecule has 3 N–H and O–H groups in total. The predicted octanol–water partition coefficient (Wildman–Crippen LogP) is 1.16. The highest BCUT2D eigenvalue weighted by molar-refractivity contribution is 7.98. The Balaban J connectivity index is 3.99. The molecule has 0 spiro atoms. The molecule has 0 aliphatic rings. The van der Waals surface area contributed by atoms with Crippen molar-refractivity contribution in [3.05, 3.63) is 0 Å². The Morgan fingerprint density at radius 2 is 2.11 bits per heavy atom. The lowest BCUT2D eigenvalue weighted by Gasteiger charge is -2.16. The van der Waals surface area contributed by atoms with Crippen LogP contribution in [-0.4, -0.2) is 55.4 Å². The topological polar surface area (TPSA) is 87.7 Å². The molecule has 0 aliphatic heterocycles. The van der Waals surface area contributed by atoms with Crippen LogP contribution >= 0.6 is 11.8 Å². The van der Waals surface area contributed by atoms with Crippen molar-refractivity contribution < 1.29 is 19.4 Å². The van der Waals surface area contributed by atoms with Crippen molar-refractivity contribution in [3.63, 3.8) is 0 Å².